The largest absolute Gasteiger partial charge is 0.382 e. The van der Waals surface area contributed by atoms with Crippen molar-refractivity contribution in [2.75, 3.05) is 32.1 Å². The van der Waals surface area contributed by atoms with E-state index in [-0.39, 0.29) is 5.84 Å². The Morgan fingerprint density at radius 3 is 2.89 bits per heavy atom. The molecule has 104 valence electrons. The summed E-state index contributed by atoms with van der Waals surface area (Å²) < 4.78 is 0. The van der Waals surface area contributed by atoms with Gasteiger partial charge in [0.05, 0.1) is 0 Å². The summed E-state index contributed by atoms with van der Waals surface area (Å²) in [5, 5.41) is 7.51. The van der Waals surface area contributed by atoms with E-state index in [4.69, 9.17) is 11.1 Å². The first-order valence-electron chi connectivity index (χ1n) is 6.59. The molecule has 0 bridgehead atoms. The van der Waals surface area contributed by atoms with Crippen molar-refractivity contribution in [3.63, 3.8) is 0 Å². The lowest BCUT2D eigenvalue weighted by Crippen LogP contribution is -2.45. The third-order valence-electron chi connectivity index (χ3n) is 3.58. The number of nitrogens with one attached hydrogen (secondary N) is 1. The van der Waals surface area contributed by atoms with Gasteiger partial charge in [-0.2, -0.15) is 0 Å². The van der Waals surface area contributed by atoms with Gasteiger partial charge in [0.1, 0.15) is 11.5 Å². The summed E-state index contributed by atoms with van der Waals surface area (Å²) in [4.78, 5) is 13.3. The summed E-state index contributed by atoms with van der Waals surface area (Å²) in [6.45, 7) is 4.07. The number of nitrogens with two attached hydrogens (primary N) is 1. The molecule has 1 atom stereocenters. The van der Waals surface area contributed by atoms with Gasteiger partial charge < -0.3 is 15.5 Å². The first-order valence-corrected chi connectivity index (χ1v) is 6.59. The summed E-state index contributed by atoms with van der Waals surface area (Å²) in [7, 11) is 4.15. The monoisotopic (exact) mass is 262 g/mol. The van der Waals surface area contributed by atoms with Crippen LogP contribution in [0, 0.1) is 12.3 Å². The molecular weight excluding hydrogens is 240 g/mol. The molecule has 0 amide bonds. The molecule has 2 heterocycles. The van der Waals surface area contributed by atoms with Crippen LogP contribution in [0.15, 0.2) is 6.07 Å². The van der Waals surface area contributed by atoms with Gasteiger partial charge in [0.15, 0.2) is 0 Å². The Bertz CT molecular complexity index is 472. The third kappa shape index (κ3) is 3.20. The van der Waals surface area contributed by atoms with E-state index in [0.29, 0.717) is 17.7 Å². The number of hydrogen-bond acceptors (Lipinski definition) is 5. The second-order valence-electron chi connectivity index (χ2n) is 5.28. The lowest BCUT2D eigenvalue weighted by atomic mass is 10.1. The number of rotatable bonds is 3. The Balaban J connectivity index is 2.22. The predicted octanol–water partition coefficient (Wildman–Crippen LogP) is 0.599. The van der Waals surface area contributed by atoms with E-state index in [2.05, 4.69) is 26.8 Å². The second kappa shape index (κ2) is 5.52. The van der Waals surface area contributed by atoms with E-state index in [1.54, 1.807) is 6.07 Å². The number of aryl methyl sites for hydroxylation is 1. The van der Waals surface area contributed by atoms with Crippen LogP contribution in [-0.4, -0.2) is 53.9 Å². The summed E-state index contributed by atoms with van der Waals surface area (Å²) >= 11 is 0. The topological polar surface area (TPSA) is 82.1 Å². The zero-order valence-corrected chi connectivity index (χ0v) is 11.8. The molecule has 0 spiro atoms. The maximum Gasteiger partial charge on any atom is 0.226 e. The molecule has 1 saturated heterocycles. The molecule has 1 aliphatic rings. The van der Waals surface area contributed by atoms with Gasteiger partial charge in [-0.15, -0.1) is 0 Å². The van der Waals surface area contributed by atoms with Crippen molar-refractivity contribution in [3.8, 4) is 0 Å². The Morgan fingerprint density at radius 2 is 2.26 bits per heavy atom. The quantitative estimate of drug-likeness (QED) is 0.616. The zero-order valence-electron chi connectivity index (χ0n) is 11.8. The second-order valence-corrected chi connectivity index (χ2v) is 5.28. The number of hydrogen-bond donors (Lipinski definition) is 2. The highest BCUT2D eigenvalue weighted by Crippen LogP contribution is 2.18. The van der Waals surface area contributed by atoms with E-state index in [1.807, 2.05) is 14.0 Å². The molecule has 0 aromatic carbocycles. The maximum absolute atomic E-state index is 7.51. The molecule has 1 aliphatic heterocycles. The summed E-state index contributed by atoms with van der Waals surface area (Å²) in [5.74, 6) is 0.645. The van der Waals surface area contributed by atoms with Crippen LogP contribution >= 0.6 is 0 Å². The first-order chi connectivity index (χ1) is 8.97. The van der Waals surface area contributed by atoms with Crippen molar-refractivity contribution >= 4 is 11.8 Å². The summed E-state index contributed by atoms with van der Waals surface area (Å²) in [6, 6.07) is 2.16. The minimum Gasteiger partial charge on any atom is -0.382 e. The van der Waals surface area contributed by atoms with Crippen LogP contribution in [0.5, 0.6) is 0 Å². The normalized spacial score (nSPS) is 20.3. The fraction of sp³-hybridized carbons (Fsp3) is 0.615. The van der Waals surface area contributed by atoms with E-state index in [1.165, 1.54) is 6.42 Å². The van der Waals surface area contributed by atoms with Crippen molar-refractivity contribution in [3.05, 3.63) is 17.5 Å². The molecular formula is C13H22N6. The number of nitrogens with zero attached hydrogens (tertiary/aromatic N) is 4. The van der Waals surface area contributed by atoms with Crippen LogP contribution in [0.3, 0.4) is 0 Å². The van der Waals surface area contributed by atoms with Crippen molar-refractivity contribution in [2.45, 2.75) is 25.8 Å². The Morgan fingerprint density at radius 1 is 1.53 bits per heavy atom. The Hall–Kier alpha value is -1.69. The van der Waals surface area contributed by atoms with E-state index in [9.17, 15) is 0 Å². The van der Waals surface area contributed by atoms with Gasteiger partial charge in [0, 0.05) is 25.3 Å². The lowest BCUT2D eigenvalue weighted by Gasteiger charge is -2.36. The van der Waals surface area contributed by atoms with Crippen LogP contribution in [0.2, 0.25) is 0 Å². The molecule has 6 heteroatoms. The molecule has 19 heavy (non-hydrogen) atoms. The highest BCUT2D eigenvalue weighted by Gasteiger charge is 2.23. The SMILES string of the molecule is Cc1cc(C(=N)N)nc(N(C)C2CCCN(C)C2)n1. The van der Waals surface area contributed by atoms with Crippen LogP contribution in [0.25, 0.3) is 0 Å². The summed E-state index contributed by atoms with van der Waals surface area (Å²) in [6.07, 6.45) is 2.34. The molecule has 0 radical (unpaired) electrons. The highest BCUT2D eigenvalue weighted by molar-refractivity contribution is 5.93. The average molecular weight is 262 g/mol. The minimum absolute atomic E-state index is 0.0130. The van der Waals surface area contributed by atoms with Crippen LogP contribution in [0.4, 0.5) is 5.95 Å². The minimum atomic E-state index is -0.0130. The van der Waals surface area contributed by atoms with E-state index < -0.39 is 0 Å². The van der Waals surface area contributed by atoms with Gasteiger partial charge in [-0.05, 0) is 39.4 Å². The fourth-order valence-corrected chi connectivity index (χ4v) is 2.47. The molecule has 3 N–H and O–H groups in total. The maximum atomic E-state index is 7.51. The molecule has 0 saturated carbocycles. The van der Waals surface area contributed by atoms with E-state index >= 15 is 0 Å². The van der Waals surface area contributed by atoms with Gasteiger partial charge in [0.25, 0.3) is 0 Å². The number of amidine groups is 1. The smallest absolute Gasteiger partial charge is 0.226 e. The van der Waals surface area contributed by atoms with Gasteiger partial charge in [-0.1, -0.05) is 0 Å². The van der Waals surface area contributed by atoms with Gasteiger partial charge >= 0.3 is 0 Å². The first kappa shape index (κ1) is 13.7. The van der Waals surface area contributed by atoms with Crippen LogP contribution in [-0.2, 0) is 0 Å². The summed E-state index contributed by atoms with van der Waals surface area (Å²) in [5.41, 5.74) is 6.86. The standard InChI is InChI=1S/C13H22N6/c1-9-7-11(12(14)15)17-13(16-9)19(3)10-5-4-6-18(2)8-10/h7,10H,4-6,8H2,1-3H3,(H3,14,15). The zero-order chi connectivity index (χ0) is 14.0. The Kier molecular flexibility index (Phi) is 3.99. The van der Waals surface area contributed by atoms with Gasteiger partial charge in [-0.3, -0.25) is 5.41 Å². The molecule has 0 aliphatic carbocycles. The highest BCUT2D eigenvalue weighted by atomic mass is 15.3. The molecule has 1 aromatic heterocycles. The number of likely N-dealkylation sites (tertiary alicyclic amines) is 1. The van der Waals surface area contributed by atoms with E-state index in [0.717, 1.165) is 25.2 Å². The average Bonchev–Trinajstić information content (AvgIpc) is 2.37. The third-order valence-corrected chi connectivity index (χ3v) is 3.58. The lowest BCUT2D eigenvalue weighted by molar-refractivity contribution is 0.247. The number of aromatic nitrogens is 2. The van der Waals surface area contributed by atoms with Crippen LogP contribution in [0.1, 0.15) is 24.2 Å². The number of anilines is 1. The molecule has 1 unspecified atom stereocenters. The van der Waals surface area contributed by atoms with Crippen molar-refractivity contribution in [2.24, 2.45) is 5.73 Å². The van der Waals surface area contributed by atoms with Crippen molar-refractivity contribution in [1.82, 2.24) is 14.9 Å². The number of nitrogen functional groups attached to an aromatic ring is 1. The van der Waals surface area contributed by atoms with Crippen molar-refractivity contribution < 1.29 is 0 Å². The fourth-order valence-electron chi connectivity index (χ4n) is 2.47. The molecule has 1 fully saturated rings. The number of likely N-dealkylation sites (N-methyl/N-ethyl adjacent to an activating group) is 2. The van der Waals surface area contributed by atoms with Crippen molar-refractivity contribution in [1.29, 1.82) is 5.41 Å². The van der Waals surface area contributed by atoms with Gasteiger partial charge in [0.2, 0.25) is 5.95 Å². The van der Waals surface area contributed by atoms with Gasteiger partial charge in [-0.25, -0.2) is 9.97 Å². The number of piperidine rings is 1. The molecule has 2 rings (SSSR count). The van der Waals surface area contributed by atoms with Crippen LogP contribution < -0.4 is 10.6 Å². The molecule has 1 aromatic rings. The molecule has 6 nitrogen and oxygen atoms in total. The predicted molar refractivity (Wildman–Crippen MR) is 76.7 cm³/mol. The Labute approximate surface area is 114 Å².